The second-order valence-corrected chi connectivity index (χ2v) is 6.37. The molecule has 0 fully saturated rings. The maximum atomic E-state index is 6.10. The van der Waals surface area contributed by atoms with Crippen molar-refractivity contribution in [3.05, 3.63) is 40.7 Å². The molecule has 3 rings (SSSR count). The molecule has 2 aromatic heterocycles. The third-order valence-electron chi connectivity index (χ3n) is 3.40. The zero-order chi connectivity index (χ0) is 14.8. The lowest BCUT2D eigenvalue weighted by Crippen LogP contribution is -2.15. The first kappa shape index (κ1) is 14.3. The molecule has 1 aromatic carbocycles. The highest BCUT2D eigenvalue weighted by Gasteiger charge is 2.12. The smallest absolute Gasteiger partial charge is 0.172 e. The summed E-state index contributed by atoms with van der Waals surface area (Å²) in [5.74, 6) is 1.61. The number of benzene rings is 1. The Hall–Kier alpha value is -1.65. The molecular weight excluding hydrogens is 302 g/mol. The largest absolute Gasteiger partial charge is 0.367 e. The Bertz CT molecular complexity index is 756. The van der Waals surface area contributed by atoms with Crippen LogP contribution in [-0.4, -0.2) is 16.0 Å². The molecule has 0 bridgehead atoms. The Kier molecular flexibility index (Phi) is 4.08. The fourth-order valence-electron chi connectivity index (χ4n) is 2.06. The summed E-state index contributed by atoms with van der Waals surface area (Å²) < 4.78 is 0. The second-order valence-electron chi connectivity index (χ2n) is 4.99. The summed E-state index contributed by atoms with van der Waals surface area (Å²) >= 11 is 7.74. The maximum Gasteiger partial charge on any atom is 0.172 e. The lowest BCUT2D eigenvalue weighted by atomic mass is 10.2. The number of fused-ring (bicyclic) bond motifs is 1. The van der Waals surface area contributed by atoms with Gasteiger partial charge in [-0.25, -0.2) is 9.97 Å². The molecule has 0 unspecified atom stereocenters. The number of anilines is 1. The summed E-state index contributed by atoms with van der Waals surface area (Å²) in [5, 5.41) is 7.18. The normalized spacial score (nSPS) is 12.5. The quantitative estimate of drug-likeness (QED) is 0.716. The van der Waals surface area contributed by atoms with Gasteiger partial charge >= 0.3 is 0 Å². The molecule has 108 valence electrons. The highest BCUT2D eigenvalue weighted by atomic mass is 35.5. The third-order valence-corrected chi connectivity index (χ3v) is 4.50. The molecule has 21 heavy (non-hydrogen) atoms. The summed E-state index contributed by atoms with van der Waals surface area (Å²) in [5.41, 5.74) is 0.867. The van der Waals surface area contributed by atoms with Gasteiger partial charge in [-0.05, 0) is 43.0 Å². The van der Waals surface area contributed by atoms with Gasteiger partial charge in [-0.2, -0.15) is 0 Å². The van der Waals surface area contributed by atoms with E-state index in [0.29, 0.717) is 11.1 Å². The van der Waals surface area contributed by atoms with Crippen LogP contribution in [0.2, 0.25) is 5.02 Å². The van der Waals surface area contributed by atoms with Gasteiger partial charge in [-0.15, -0.1) is 11.3 Å². The lowest BCUT2D eigenvalue weighted by Gasteiger charge is -2.15. The predicted molar refractivity (Wildman–Crippen MR) is 91.2 cm³/mol. The van der Waals surface area contributed by atoms with E-state index in [1.54, 1.807) is 11.3 Å². The van der Waals surface area contributed by atoms with Gasteiger partial charge in [0.1, 0.15) is 5.82 Å². The molecule has 0 aliphatic heterocycles. The zero-order valence-electron chi connectivity index (χ0n) is 11.9. The molecule has 0 saturated heterocycles. The van der Waals surface area contributed by atoms with Crippen molar-refractivity contribution in [1.82, 2.24) is 9.97 Å². The Labute approximate surface area is 133 Å². The fraction of sp³-hybridized carbons (Fsp3) is 0.250. The van der Waals surface area contributed by atoms with Crippen LogP contribution in [0.5, 0.6) is 0 Å². The molecule has 0 aliphatic carbocycles. The van der Waals surface area contributed by atoms with E-state index in [4.69, 9.17) is 16.6 Å². The maximum absolute atomic E-state index is 6.10. The molecule has 0 amide bonds. The first-order chi connectivity index (χ1) is 10.2. The van der Waals surface area contributed by atoms with E-state index >= 15 is 0 Å². The standard InChI is InChI=1S/C16H16ClN3S/c1-3-10(2)18-15-12-7-6-11(17)9-13(12)19-16(20-15)14-5-4-8-21-14/h4-10H,3H2,1-2H3,(H,18,19,20)/t10-/m1/s1. The van der Waals surface area contributed by atoms with Gasteiger partial charge in [-0.3, -0.25) is 0 Å². The first-order valence-electron chi connectivity index (χ1n) is 6.95. The highest BCUT2D eigenvalue weighted by Crippen LogP contribution is 2.29. The van der Waals surface area contributed by atoms with Gasteiger partial charge in [-0.1, -0.05) is 24.6 Å². The van der Waals surface area contributed by atoms with Gasteiger partial charge in [0.15, 0.2) is 5.82 Å². The first-order valence-corrected chi connectivity index (χ1v) is 8.21. The molecule has 5 heteroatoms. The number of nitrogens with one attached hydrogen (secondary N) is 1. The molecule has 3 aromatic rings. The van der Waals surface area contributed by atoms with Crippen LogP contribution in [0.15, 0.2) is 35.7 Å². The third kappa shape index (κ3) is 3.01. The average molecular weight is 318 g/mol. The van der Waals surface area contributed by atoms with E-state index < -0.39 is 0 Å². The highest BCUT2D eigenvalue weighted by molar-refractivity contribution is 7.13. The molecule has 0 radical (unpaired) electrons. The Morgan fingerprint density at radius 2 is 2.14 bits per heavy atom. The molecular formula is C16H16ClN3S. The summed E-state index contributed by atoms with van der Waals surface area (Å²) in [6, 6.07) is 10.1. The fourth-order valence-corrected chi connectivity index (χ4v) is 2.89. The predicted octanol–water partition coefficient (Wildman–Crippen LogP) is 5.22. The summed E-state index contributed by atoms with van der Waals surface area (Å²) in [6.45, 7) is 4.30. The molecule has 1 atom stereocenters. The van der Waals surface area contributed by atoms with Gasteiger partial charge in [0, 0.05) is 16.5 Å². The van der Waals surface area contributed by atoms with Crippen LogP contribution in [0.3, 0.4) is 0 Å². The average Bonchev–Trinajstić information content (AvgIpc) is 3.00. The van der Waals surface area contributed by atoms with Crippen LogP contribution >= 0.6 is 22.9 Å². The van der Waals surface area contributed by atoms with E-state index in [0.717, 1.165) is 33.8 Å². The van der Waals surface area contributed by atoms with E-state index in [-0.39, 0.29) is 0 Å². The Morgan fingerprint density at radius 1 is 1.29 bits per heavy atom. The SMILES string of the molecule is CC[C@@H](C)Nc1nc(-c2cccs2)nc2cc(Cl)ccc12. The monoisotopic (exact) mass is 317 g/mol. The minimum atomic E-state index is 0.356. The van der Waals surface area contributed by atoms with Gasteiger partial charge < -0.3 is 5.32 Å². The van der Waals surface area contributed by atoms with Crippen molar-refractivity contribution in [1.29, 1.82) is 0 Å². The molecule has 0 spiro atoms. The van der Waals surface area contributed by atoms with Crippen LogP contribution in [0, 0.1) is 0 Å². The number of hydrogen-bond donors (Lipinski definition) is 1. The summed E-state index contributed by atoms with van der Waals surface area (Å²) in [4.78, 5) is 10.4. The van der Waals surface area contributed by atoms with Crippen molar-refractivity contribution in [3.63, 3.8) is 0 Å². The van der Waals surface area contributed by atoms with Gasteiger partial charge in [0.2, 0.25) is 0 Å². The summed E-state index contributed by atoms with van der Waals surface area (Å²) in [6.07, 6.45) is 1.04. The molecule has 3 nitrogen and oxygen atoms in total. The number of rotatable bonds is 4. The Balaban J connectivity index is 2.18. The van der Waals surface area contributed by atoms with Crippen molar-refractivity contribution in [2.45, 2.75) is 26.3 Å². The van der Waals surface area contributed by atoms with Crippen molar-refractivity contribution in [2.24, 2.45) is 0 Å². The number of halogens is 1. The van der Waals surface area contributed by atoms with Crippen LogP contribution < -0.4 is 5.32 Å². The Morgan fingerprint density at radius 3 is 2.86 bits per heavy atom. The van der Waals surface area contributed by atoms with Crippen molar-refractivity contribution >= 4 is 39.7 Å². The van der Waals surface area contributed by atoms with Crippen LogP contribution in [0.25, 0.3) is 21.6 Å². The van der Waals surface area contributed by atoms with Crippen molar-refractivity contribution < 1.29 is 0 Å². The molecule has 1 N–H and O–H groups in total. The number of thiophene rings is 1. The lowest BCUT2D eigenvalue weighted by molar-refractivity contribution is 0.760. The molecule has 0 saturated carbocycles. The van der Waals surface area contributed by atoms with Crippen molar-refractivity contribution in [2.75, 3.05) is 5.32 Å². The zero-order valence-corrected chi connectivity index (χ0v) is 13.5. The van der Waals surface area contributed by atoms with E-state index in [1.165, 1.54) is 0 Å². The number of aromatic nitrogens is 2. The number of hydrogen-bond acceptors (Lipinski definition) is 4. The molecule has 0 aliphatic rings. The minimum Gasteiger partial charge on any atom is -0.367 e. The van der Waals surface area contributed by atoms with Gasteiger partial charge in [0.25, 0.3) is 0 Å². The van der Waals surface area contributed by atoms with Crippen LogP contribution in [0.4, 0.5) is 5.82 Å². The number of nitrogens with zero attached hydrogens (tertiary/aromatic N) is 2. The van der Waals surface area contributed by atoms with Crippen LogP contribution in [-0.2, 0) is 0 Å². The topological polar surface area (TPSA) is 37.8 Å². The van der Waals surface area contributed by atoms with E-state index in [9.17, 15) is 0 Å². The van der Waals surface area contributed by atoms with Crippen LogP contribution in [0.1, 0.15) is 20.3 Å². The minimum absolute atomic E-state index is 0.356. The van der Waals surface area contributed by atoms with E-state index in [1.807, 2.05) is 35.7 Å². The second kappa shape index (κ2) is 6.00. The van der Waals surface area contributed by atoms with Crippen molar-refractivity contribution in [3.8, 4) is 10.7 Å². The molecule has 2 heterocycles. The summed E-state index contributed by atoms with van der Waals surface area (Å²) in [7, 11) is 0. The van der Waals surface area contributed by atoms with E-state index in [2.05, 4.69) is 24.1 Å². The van der Waals surface area contributed by atoms with Gasteiger partial charge in [0.05, 0.1) is 10.4 Å².